The molecular weight excluding hydrogens is 208 g/mol. The van der Waals surface area contributed by atoms with Crippen LogP contribution >= 0.6 is 0 Å². The van der Waals surface area contributed by atoms with Crippen LogP contribution in [0.1, 0.15) is 32.1 Å². The highest BCUT2D eigenvalue weighted by atomic mass is 16.4. The van der Waals surface area contributed by atoms with Crippen molar-refractivity contribution in [2.45, 2.75) is 50.3 Å². The number of aliphatic hydroxyl groups excluding tert-OH is 1. The zero-order valence-electron chi connectivity index (χ0n) is 9.43. The minimum atomic E-state index is -0.948. The Hall–Kier alpha value is -0.810. The maximum Gasteiger partial charge on any atom is 0.404 e. The summed E-state index contributed by atoms with van der Waals surface area (Å²) >= 11 is 0. The number of aliphatic hydroxyl groups is 1. The number of hydrogen-bond acceptors (Lipinski definition) is 3. The lowest BCUT2D eigenvalue weighted by Crippen LogP contribution is -2.46. The van der Waals surface area contributed by atoms with Gasteiger partial charge in [-0.15, -0.1) is 0 Å². The Balaban J connectivity index is 1.85. The molecule has 1 aliphatic carbocycles. The third kappa shape index (κ3) is 2.65. The van der Waals surface area contributed by atoms with Gasteiger partial charge in [-0.3, -0.25) is 4.90 Å². The minimum absolute atomic E-state index is 0.0339. The van der Waals surface area contributed by atoms with Crippen molar-refractivity contribution in [2.75, 3.05) is 13.1 Å². The van der Waals surface area contributed by atoms with Gasteiger partial charge in [-0.05, 0) is 19.3 Å². The summed E-state index contributed by atoms with van der Waals surface area (Å²) < 4.78 is 0. The number of carbonyl (C=O) groups is 1. The van der Waals surface area contributed by atoms with E-state index in [0.717, 1.165) is 38.8 Å². The maximum absolute atomic E-state index is 10.5. The second-order valence-corrected chi connectivity index (χ2v) is 4.85. The van der Waals surface area contributed by atoms with E-state index in [9.17, 15) is 9.90 Å². The Morgan fingerprint density at radius 2 is 2.00 bits per heavy atom. The zero-order valence-corrected chi connectivity index (χ0v) is 9.43. The van der Waals surface area contributed by atoms with Gasteiger partial charge in [-0.25, -0.2) is 4.79 Å². The molecule has 1 saturated heterocycles. The van der Waals surface area contributed by atoms with E-state index >= 15 is 0 Å². The summed E-state index contributed by atoms with van der Waals surface area (Å²) in [5, 5.41) is 21.1. The summed E-state index contributed by atoms with van der Waals surface area (Å²) in [6, 6.07) is 0.279. The van der Waals surface area contributed by atoms with Crippen molar-refractivity contribution in [2.24, 2.45) is 0 Å². The first-order valence-electron chi connectivity index (χ1n) is 6.08. The summed E-state index contributed by atoms with van der Waals surface area (Å²) in [5.74, 6) is 0. The van der Waals surface area contributed by atoms with Crippen LogP contribution in [0.4, 0.5) is 4.79 Å². The summed E-state index contributed by atoms with van der Waals surface area (Å²) in [7, 11) is 0. The lowest BCUT2D eigenvalue weighted by atomic mass is 9.91. The third-order valence-corrected chi connectivity index (χ3v) is 3.71. The lowest BCUT2D eigenvalue weighted by Gasteiger charge is -2.35. The number of likely N-dealkylation sites (tertiary alicyclic amines) is 1. The van der Waals surface area contributed by atoms with Gasteiger partial charge in [-0.1, -0.05) is 12.8 Å². The number of rotatable bonds is 2. The second-order valence-electron chi connectivity index (χ2n) is 4.85. The van der Waals surface area contributed by atoms with Crippen molar-refractivity contribution in [3.63, 3.8) is 0 Å². The molecule has 2 aliphatic rings. The molecule has 3 atom stereocenters. The van der Waals surface area contributed by atoms with Crippen LogP contribution < -0.4 is 5.32 Å². The summed E-state index contributed by atoms with van der Waals surface area (Å²) in [6.07, 6.45) is 3.90. The van der Waals surface area contributed by atoms with Crippen molar-refractivity contribution < 1.29 is 15.0 Å². The Bertz CT molecular complexity index is 260. The fourth-order valence-corrected chi connectivity index (χ4v) is 2.90. The van der Waals surface area contributed by atoms with Crippen LogP contribution in [0.25, 0.3) is 0 Å². The van der Waals surface area contributed by atoms with Crippen molar-refractivity contribution in [1.82, 2.24) is 10.2 Å². The SMILES string of the molecule is O=C(O)N[C@@H]1CCN(C2CCCCC2O)C1. The first-order valence-corrected chi connectivity index (χ1v) is 6.08. The predicted octanol–water partition coefficient (Wildman–Crippen LogP) is 0.632. The number of amides is 1. The molecule has 0 spiro atoms. The van der Waals surface area contributed by atoms with Gasteiger partial charge in [0.1, 0.15) is 0 Å². The molecule has 1 heterocycles. The number of nitrogens with zero attached hydrogens (tertiary/aromatic N) is 1. The van der Waals surface area contributed by atoms with Gasteiger partial charge in [0.15, 0.2) is 0 Å². The smallest absolute Gasteiger partial charge is 0.404 e. The first kappa shape index (κ1) is 11.7. The molecule has 3 N–H and O–H groups in total. The highest BCUT2D eigenvalue weighted by molar-refractivity contribution is 5.64. The van der Waals surface area contributed by atoms with Gasteiger partial charge in [0, 0.05) is 25.2 Å². The number of nitrogens with one attached hydrogen (secondary N) is 1. The molecular formula is C11H20N2O3. The molecule has 1 saturated carbocycles. The molecule has 0 radical (unpaired) electrons. The Labute approximate surface area is 95.4 Å². The molecule has 5 heteroatoms. The topological polar surface area (TPSA) is 72.8 Å². The minimum Gasteiger partial charge on any atom is -0.465 e. The van der Waals surface area contributed by atoms with Crippen molar-refractivity contribution >= 4 is 6.09 Å². The molecule has 0 bridgehead atoms. The number of hydrogen-bond donors (Lipinski definition) is 3. The van der Waals surface area contributed by atoms with Gasteiger partial charge in [0.25, 0.3) is 0 Å². The summed E-state index contributed by atoms with van der Waals surface area (Å²) in [6.45, 7) is 1.64. The first-order chi connectivity index (χ1) is 7.66. The van der Waals surface area contributed by atoms with E-state index in [-0.39, 0.29) is 18.2 Å². The van der Waals surface area contributed by atoms with E-state index in [1.807, 2.05) is 0 Å². The van der Waals surface area contributed by atoms with Crippen LogP contribution in [-0.4, -0.2) is 52.5 Å². The Morgan fingerprint density at radius 1 is 1.25 bits per heavy atom. The van der Waals surface area contributed by atoms with E-state index in [1.165, 1.54) is 6.42 Å². The van der Waals surface area contributed by atoms with Crippen molar-refractivity contribution in [3.05, 3.63) is 0 Å². The average molecular weight is 228 g/mol. The molecule has 1 aliphatic heterocycles. The largest absolute Gasteiger partial charge is 0.465 e. The molecule has 0 aromatic rings. The van der Waals surface area contributed by atoms with E-state index in [2.05, 4.69) is 10.2 Å². The highest BCUT2D eigenvalue weighted by Gasteiger charge is 2.33. The fourth-order valence-electron chi connectivity index (χ4n) is 2.90. The predicted molar refractivity (Wildman–Crippen MR) is 59.4 cm³/mol. The van der Waals surface area contributed by atoms with Gasteiger partial charge >= 0.3 is 6.09 Å². The monoisotopic (exact) mass is 228 g/mol. The molecule has 0 aromatic heterocycles. The third-order valence-electron chi connectivity index (χ3n) is 3.71. The zero-order chi connectivity index (χ0) is 11.5. The van der Waals surface area contributed by atoms with Crippen LogP contribution in [0.15, 0.2) is 0 Å². The van der Waals surface area contributed by atoms with Gasteiger partial charge < -0.3 is 15.5 Å². The van der Waals surface area contributed by atoms with Gasteiger partial charge in [0.2, 0.25) is 0 Å². The van der Waals surface area contributed by atoms with E-state index in [1.54, 1.807) is 0 Å². The van der Waals surface area contributed by atoms with Crippen LogP contribution in [0.3, 0.4) is 0 Å². The summed E-state index contributed by atoms with van der Waals surface area (Å²) in [5.41, 5.74) is 0. The molecule has 92 valence electrons. The maximum atomic E-state index is 10.5. The average Bonchev–Trinajstić information content (AvgIpc) is 2.66. The van der Waals surface area contributed by atoms with Gasteiger partial charge in [0.05, 0.1) is 6.10 Å². The highest BCUT2D eigenvalue weighted by Crippen LogP contribution is 2.26. The van der Waals surface area contributed by atoms with Crippen LogP contribution in [0.2, 0.25) is 0 Å². The van der Waals surface area contributed by atoms with Crippen LogP contribution in [0, 0.1) is 0 Å². The van der Waals surface area contributed by atoms with E-state index in [4.69, 9.17) is 5.11 Å². The molecule has 1 amide bonds. The van der Waals surface area contributed by atoms with Crippen LogP contribution in [-0.2, 0) is 0 Å². The molecule has 16 heavy (non-hydrogen) atoms. The molecule has 2 rings (SSSR count). The molecule has 2 fully saturated rings. The molecule has 2 unspecified atom stereocenters. The van der Waals surface area contributed by atoms with E-state index < -0.39 is 6.09 Å². The summed E-state index contributed by atoms with van der Waals surface area (Å²) in [4.78, 5) is 12.8. The Morgan fingerprint density at radius 3 is 2.69 bits per heavy atom. The van der Waals surface area contributed by atoms with Crippen LogP contribution in [0.5, 0.6) is 0 Å². The molecule has 0 aromatic carbocycles. The standard InChI is InChI=1S/C11H20N2O3/c14-10-4-2-1-3-9(10)13-6-5-8(7-13)12-11(15)16/h8-10,12,14H,1-7H2,(H,15,16)/t8-,9?,10?/m1/s1. The second kappa shape index (κ2) is 5.01. The lowest BCUT2D eigenvalue weighted by molar-refractivity contribution is 0.0302. The number of carboxylic acid groups (broad SMARTS) is 1. The fraction of sp³-hybridized carbons (Fsp3) is 0.909. The van der Waals surface area contributed by atoms with Crippen molar-refractivity contribution in [1.29, 1.82) is 0 Å². The molecule has 5 nitrogen and oxygen atoms in total. The quantitative estimate of drug-likeness (QED) is 0.648. The van der Waals surface area contributed by atoms with Crippen molar-refractivity contribution in [3.8, 4) is 0 Å². The van der Waals surface area contributed by atoms with Gasteiger partial charge in [-0.2, -0.15) is 0 Å². The van der Waals surface area contributed by atoms with E-state index in [0.29, 0.717) is 0 Å². The normalized spacial score (nSPS) is 36.2. The Kier molecular flexibility index (Phi) is 3.66.